The lowest BCUT2D eigenvalue weighted by Crippen LogP contribution is -2.42. The Labute approximate surface area is 238 Å². The van der Waals surface area contributed by atoms with Gasteiger partial charge in [-0.2, -0.15) is 0 Å². The predicted molar refractivity (Wildman–Crippen MR) is 157 cm³/mol. The molecule has 0 saturated carbocycles. The van der Waals surface area contributed by atoms with Crippen molar-refractivity contribution in [1.29, 1.82) is 0 Å². The molecule has 3 aromatic rings. The van der Waals surface area contributed by atoms with E-state index in [1.54, 1.807) is 7.11 Å². The van der Waals surface area contributed by atoms with Crippen molar-refractivity contribution in [3.63, 3.8) is 0 Å². The molecule has 8 nitrogen and oxygen atoms in total. The molecule has 8 heteroatoms. The summed E-state index contributed by atoms with van der Waals surface area (Å²) in [6.07, 6.45) is 7.57. The molecule has 2 saturated heterocycles. The monoisotopic (exact) mass is 544 g/mol. The van der Waals surface area contributed by atoms with E-state index in [0.29, 0.717) is 18.5 Å². The molecule has 40 heavy (non-hydrogen) atoms. The van der Waals surface area contributed by atoms with E-state index in [4.69, 9.17) is 4.74 Å². The number of aromatic nitrogens is 3. The third-order valence-corrected chi connectivity index (χ3v) is 8.80. The first-order valence-electron chi connectivity index (χ1n) is 14.8. The molecule has 0 bridgehead atoms. The minimum atomic E-state index is -0.0810. The quantitative estimate of drug-likeness (QED) is 0.364. The molecule has 0 aliphatic carbocycles. The molecule has 3 heterocycles. The van der Waals surface area contributed by atoms with Crippen molar-refractivity contribution in [3.05, 3.63) is 77.6 Å². The molecule has 2 fully saturated rings. The maximum atomic E-state index is 12.8. The Bertz CT molecular complexity index is 1210. The largest absolute Gasteiger partial charge is 0.497 e. The van der Waals surface area contributed by atoms with E-state index < -0.39 is 0 Å². The van der Waals surface area contributed by atoms with Crippen LogP contribution in [0.1, 0.15) is 74.7 Å². The molecule has 2 aliphatic rings. The van der Waals surface area contributed by atoms with Crippen LogP contribution in [0, 0.1) is 5.92 Å². The number of nitrogens with zero attached hydrogens (tertiary/aromatic N) is 4. The molecular formula is C32H44N6O2. The second-order valence-corrected chi connectivity index (χ2v) is 11.6. The highest BCUT2D eigenvalue weighted by atomic mass is 16.5. The van der Waals surface area contributed by atoms with Gasteiger partial charge in [0.2, 0.25) is 5.91 Å². The highest BCUT2D eigenvalue weighted by Crippen LogP contribution is 2.29. The van der Waals surface area contributed by atoms with Gasteiger partial charge in [-0.15, -0.1) is 5.10 Å². The lowest BCUT2D eigenvalue weighted by atomic mass is 9.89. The molecule has 2 aromatic carbocycles. The summed E-state index contributed by atoms with van der Waals surface area (Å²) in [5.41, 5.74) is 3.58. The van der Waals surface area contributed by atoms with Crippen molar-refractivity contribution in [3.8, 4) is 5.75 Å². The maximum absolute atomic E-state index is 12.8. The van der Waals surface area contributed by atoms with Crippen LogP contribution in [0.25, 0.3) is 0 Å². The van der Waals surface area contributed by atoms with Crippen LogP contribution in [0.2, 0.25) is 0 Å². The van der Waals surface area contributed by atoms with Crippen molar-refractivity contribution in [2.45, 2.75) is 83.1 Å². The second kappa shape index (κ2) is 13.4. The normalized spacial score (nSPS) is 21.7. The van der Waals surface area contributed by atoms with Crippen LogP contribution in [-0.2, 0) is 17.9 Å². The Morgan fingerprint density at radius 1 is 1.05 bits per heavy atom. The van der Waals surface area contributed by atoms with Gasteiger partial charge < -0.3 is 15.4 Å². The fraction of sp³-hybridized carbons (Fsp3) is 0.531. The van der Waals surface area contributed by atoms with E-state index in [1.165, 1.54) is 18.4 Å². The number of rotatable bonds is 11. The third-order valence-electron chi connectivity index (χ3n) is 8.80. The first-order chi connectivity index (χ1) is 19.5. The third kappa shape index (κ3) is 7.29. The van der Waals surface area contributed by atoms with Gasteiger partial charge in [0, 0.05) is 25.2 Å². The number of methoxy groups -OCH3 is 1. The zero-order valence-corrected chi connectivity index (χ0v) is 24.1. The average molecular weight is 545 g/mol. The van der Waals surface area contributed by atoms with Gasteiger partial charge in [-0.3, -0.25) is 9.69 Å². The van der Waals surface area contributed by atoms with Gasteiger partial charge in [0.15, 0.2) is 0 Å². The van der Waals surface area contributed by atoms with Gasteiger partial charge in [0.1, 0.15) is 5.75 Å². The van der Waals surface area contributed by atoms with E-state index in [-0.39, 0.29) is 23.9 Å². The summed E-state index contributed by atoms with van der Waals surface area (Å²) < 4.78 is 7.23. The minimum Gasteiger partial charge on any atom is -0.497 e. The molecule has 2 N–H and O–H groups in total. The van der Waals surface area contributed by atoms with E-state index in [9.17, 15) is 4.79 Å². The smallest absolute Gasteiger partial charge is 0.224 e. The number of hydrogen-bond acceptors (Lipinski definition) is 6. The summed E-state index contributed by atoms with van der Waals surface area (Å²) in [5, 5.41) is 15.8. The molecule has 4 atom stereocenters. The van der Waals surface area contributed by atoms with Crippen LogP contribution >= 0.6 is 0 Å². The lowest BCUT2D eigenvalue weighted by molar-refractivity contribution is -0.125. The summed E-state index contributed by atoms with van der Waals surface area (Å²) in [7, 11) is 1.65. The van der Waals surface area contributed by atoms with Gasteiger partial charge in [-0.05, 0) is 81.3 Å². The van der Waals surface area contributed by atoms with Crippen LogP contribution in [-0.4, -0.2) is 58.1 Å². The number of amides is 1. The Morgan fingerprint density at radius 2 is 1.80 bits per heavy atom. The summed E-state index contributed by atoms with van der Waals surface area (Å²) in [5.74, 6) is 1.50. The highest BCUT2D eigenvalue weighted by Gasteiger charge is 2.32. The molecule has 0 spiro atoms. The van der Waals surface area contributed by atoms with E-state index in [0.717, 1.165) is 55.9 Å². The maximum Gasteiger partial charge on any atom is 0.224 e. The van der Waals surface area contributed by atoms with Crippen LogP contribution in [0.15, 0.2) is 60.8 Å². The van der Waals surface area contributed by atoms with Crippen molar-refractivity contribution in [2.24, 2.45) is 5.92 Å². The van der Waals surface area contributed by atoms with Crippen molar-refractivity contribution in [1.82, 2.24) is 30.5 Å². The predicted octanol–water partition coefficient (Wildman–Crippen LogP) is 4.69. The highest BCUT2D eigenvalue weighted by molar-refractivity contribution is 5.79. The van der Waals surface area contributed by atoms with Gasteiger partial charge in [0.05, 0.1) is 31.0 Å². The van der Waals surface area contributed by atoms with Gasteiger partial charge in [0.25, 0.3) is 0 Å². The van der Waals surface area contributed by atoms with Crippen LogP contribution < -0.4 is 15.4 Å². The molecule has 5 rings (SSSR count). The molecule has 1 amide bonds. The fourth-order valence-corrected chi connectivity index (χ4v) is 6.21. The van der Waals surface area contributed by atoms with E-state index in [1.807, 2.05) is 35.9 Å². The van der Waals surface area contributed by atoms with Crippen LogP contribution in [0.3, 0.4) is 0 Å². The number of piperidine rings is 1. The number of ether oxygens (including phenoxy) is 1. The zero-order chi connectivity index (χ0) is 27.9. The van der Waals surface area contributed by atoms with Crippen molar-refractivity contribution in [2.75, 3.05) is 20.2 Å². The van der Waals surface area contributed by atoms with Crippen LogP contribution in [0.5, 0.6) is 5.75 Å². The fourth-order valence-electron chi connectivity index (χ4n) is 6.21. The molecule has 0 radical (unpaired) electrons. The molecule has 214 valence electrons. The SMILES string of the molecule is COc1ccc(CNC(=O)[C@@H](C)[C@@H]2CC[C@H](C[C@@H](C)n3cc(CN4CCC(c5ccccc5)CC4)nn3)N2)cc1. The summed E-state index contributed by atoms with van der Waals surface area (Å²) in [6, 6.07) is 19.5. The number of carbonyl (C=O) groups excluding carboxylic acids is 1. The van der Waals surface area contributed by atoms with Crippen LogP contribution in [0.4, 0.5) is 0 Å². The zero-order valence-electron chi connectivity index (χ0n) is 24.1. The topological polar surface area (TPSA) is 84.3 Å². The first-order valence-corrected chi connectivity index (χ1v) is 14.8. The Morgan fingerprint density at radius 3 is 2.52 bits per heavy atom. The van der Waals surface area contributed by atoms with Gasteiger partial charge in [-0.25, -0.2) is 4.68 Å². The molecule has 0 unspecified atom stereocenters. The number of carbonyl (C=O) groups is 1. The van der Waals surface area contributed by atoms with Gasteiger partial charge in [-0.1, -0.05) is 54.6 Å². The molecule has 1 aromatic heterocycles. The number of benzene rings is 2. The van der Waals surface area contributed by atoms with E-state index in [2.05, 4.69) is 69.3 Å². The molecular weight excluding hydrogens is 500 g/mol. The summed E-state index contributed by atoms with van der Waals surface area (Å²) in [4.78, 5) is 15.3. The lowest BCUT2D eigenvalue weighted by Gasteiger charge is -2.31. The minimum absolute atomic E-state index is 0.0810. The standard InChI is InChI=1S/C32H44N6O2/c1-23(38-22-29(35-36-38)21-37-17-15-27(16-18-37)26-7-5-4-6-8-26)19-28-11-14-31(34-28)24(2)32(39)33-20-25-9-12-30(40-3)13-10-25/h4-10,12-13,22-24,27-28,31,34H,11,14-21H2,1-3H3,(H,33,39)/t23-,24+,28-,31+/m1/s1. The summed E-state index contributed by atoms with van der Waals surface area (Å²) >= 11 is 0. The second-order valence-electron chi connectivity index (χ2n) is 11.6. The Kier molecular flexibility index (Phi) is 9.49. The Balaban J connectivity index is 1.03. The molecule has 2 aliphatic heterocycles. The summed E-state index contributed by atoms with van der Waals surface area (Å²) in [6.45, 7) is 7.83. The van der Waals surface area contributed by atoms with Crippen molar-refractivity contribution >= 4 is 5.91 Å². The number of hydrogen-bond donors (Lipinski definition) is 2. The number of likely N-dealkylation sites (tertiary alicyclic amines) is 1. The Hall–Kier alpha value is -3.23. The van der Waals surface area contributed by atoms with E-state index >= 15 is 0 Å². The van der Waals surface area contributed by atoms with Crippen molar-refractivity contribution < 1.29 is 9.53 Å². The van der Waals surface area contributed by atoms with Gasteiger partial charge >= 0.3 is 0 Å². The first kappa shape index (κ1) is 28.3. The average Bonchev–Trinajstić information content (AvgIpc) is 3.66. The number of nitrogens with one attached hydrogen (secondary N) is 2.